The summed E-state index contributed by atoms with van der Waals surface area (Å²) in [6, 6.07) is 6.08. The summed E-state index contributed by atoms with van der Waals surface area (Å²) >= 11 is 6.22. The molecule has 1 aromatic carbocycles. The molecular weight excluding hydrogens is 274 g/mol. The largest absolute Gasteiger partial charge is 0.383 e. The first-order valence-electron chi connectivity index (χ1n) is 6.59. The van der Waals surface area contributed by atoms with Crippen molar-refractivity contribution in [1.29, 1.82) is 0 Å². The van der Waals surface area contributed by atoms with Crippen LogP contribution in [0.15, 0.2) is 24.4 Å². The SMILES string of the molecule is COCC(C)n1cc(C)nc1Nc1cc(C)ccc1Cl. The molecule has 4 nitrogen and oxygen atoms in total. The van der Waals surface area contributed by atoms with E-state index in [0.717, 1.165) is 22.9 Å². The fraction of sp³-hybridized carbons (Fsp3) is 0.400. The number of rotatable bonds is 5. The van der Waals surface area contributed by atoms with E-state index in [1.54, 1.807) is 7.11 Å². The van der Waals surface area contributed by atoms with Gasteiger partial charge in [-0.3, -0.25) is 0 Å². The highest BCUT2D eigenvalue weighted by Gasteiger charge is 2.13. The zero-order valence-corrected chi connectivity index (χ0v) is 13.0. The topological polar surface area (TPSA) is 39.1 Å². The number of anilines is 2. The maximum Gasteiger partial charge on any atom is 0.207 e. The van der Waals surface area contributed by atoms with Crippen LogP contribution >= 0.6 is 11.6 Å². The highest BCUT2D eigenvalue weighted by Crippen LogP contribution is 2.27. The summed E-state index contributed by atoms with van der Waals surface area (Å²) in [5.74, 6) is 0.777. The molecule has 1 unspecified atom stereocenters. The molecule has 1 atom stereocenters. The van der Waals surface area contributed by atoms with Crippen LogP contribution in [0.2, 0.25) is 5.02 Å². The van der Waals surface area contributed by atoms with Crippen molar-refractivity contribution in [2.75, 3.05) is 19.0 Å². The molecule has 0 aliphatic carbocycles. The number of nitrogens with zero attached hydrogens (tertiary/aromatic N) is 2. The molecule has 108 valence electrons. The van der Waals surface area contributed by atoms with E-state index in [2.05, 4.69) is 21.8 Å². The third-order valence-corrected chi connectivity index (χ3v) is 3.43. The molecule has 2 rings (SSSR count). The molecule has 0 saturated heterocycles. The molecule has 1 N–H and O–H groups in total. The summed E-state index contributed by atoms with van der Waals surface area (Å²) in [7, 11) is 1.70. The van der Waals surface area contributed by atoms with Crippen molar-refractivity contribution in [2.24, 2.45) is 0 Å². The average molecular weight is 294 g/mol. The quantitative estimate of drug-likeness (QED) is 0.902. The predicted molar refractivity (Wildman–Crippen MR) is 83.0 cm³/mol. The van der Waals surface area contributed by atoms with Gasteiger partial charge in [0.1, 0.15) is 0 Å². The van der Waals surface area contributed by atoms with Crippen LogP contribution in [0.5, 0.6) is 0 Å². The summed E-state index contributed by atoms with van der Waals surface area (Å²) in [6.45, 7) is 6.73. The van der Waals surface area contributed by atoms with Gasteiger partial charge in [-0.25, -0.2) is 4.98 Å². The van der Waals surface area contributed by atoms with E-state index in [1.165, 1.54) is 0 Å². The second-order valence-corrected chi connectivity index (χ2v) is 5.43. The molecule has 0 saturated carbocycles. The van der Waals surface area contributed by atoms with E-state index in [9.17, 15) is 0 Å². The summed E-state index contributed by atoms with van der Waals surface area (Å²) < 4.78 is 7.28. The van der Waals surface area contributed by atoms with Gasteiger partial charge < -0.3 is 14.6 Å². The van der Waals surface area contributed by atoms with Gasteiger partial charge in [-0.05, 0) is 38.5 Å². The minimum atomic E-state index is 0.201. The molecule has 5 heteroatoms. The fourth-order valence-corrected chi connectivity index (χ4v) is 2.29. The van der Waals surface area contributed by atoms with Gasteiger partial charge in [0, 0.05) is 13.3 Å². The van der Waals surface area contributed by atoms with Crippen molar-refractivity contribution in [3.63, 3.8) is 0 Å². The average Bonchev–Trinajstić information content (AvgIpc) is 2.75. The van der Waals surface area contributed by atoms with Crippen molar-refractivity contribution >= 4 is 23.2 Å². The Balaban J connectivity index is 2.31. The number of aryl methyl sites for hydroxylation is 2. The lowest BCUT2D eigenvalue weighted by molar-refractivity contribution is 0.163. The second-order valence-electron chi connectivity index (χ2n) is 5.03. The van der Waals surface area contributed by atoms with Crippen molar-refractivity contribution in [1.82, 2.24) is 9.55 Å². The summed E-state index contributed by atoms with van der Waals surface area (Å²) in [5.41, 5.74) is 2.97. The van der Waals surface area contributed by atoms with Crippen LogP contribution in [0.1, 0.15) is 24.2 Å². The number of nitrogens with one attached hydrogen (secondary N) is 1. The van der Waals surface area contributed by atoms with Crippen molar-refractivity contribution in [3.05, 3.63) is 40.7 Å². The lowest BCUT2D eigenvalue weighted by Crippen LogP contribution is -2.12. The third-order valence-electron chi connectivity index (χ3n) is 3.10. The van der Waals surface area contributed by atoms with Crippen LogP contribution in [0, 0.1) is 13.8 Å². The Kier molecular flexibility index (Phi) is 4.68. The monoisotopic (exact) mass is 293 g/mol. The molecule has 0 aliphatic heterocycles. The lowest BCUT2D eigenvalue weighted by atomic mass is 10.2. The zero-order chi connectivity index (χ0) is 14.7. The minimum absolute atomic E-state index is 0.201. The molecule has 0 fully saturated rings. The van der Waals surface area contributed by atoms with Crippen LogP contribution < -0.4 is 5.32 Å². The van der Waals surface area contributed by atoms with Gasteiger partial charge in [-0.1, -0.05) is 17.7 Å². The van der Waals surface area contributed by atoms with Crippen molar-refractivity contribution in [3.8, 4) is 0 Å². The van der Waals surface area contributed by atoms with Gasteiger partial charge in [0.05, 0.1) is 29.1 Å². The second kappa shape index (κ2) is 6.29. The molecule has 1 heterocycles. The summed E-state index contributed by atoms with van der Waals surface area (Å²) in [4.78, 5) is 4.52. The number of benzene rings is 1. The van der Waals surface area contributed by atoms with E-state index in [0.29, 0.717) is 11.6 Å². The summed E-state index contributed by atoms with van der Waals surface area (Å²) in [6.07, 6.45) is 2.01. The first kappa shape index (κ1) is 14.9. The molecule has 20 heavy (non-hydrogen) atoms. The highest BCUT2D eigenvalue weighted by molar-refractivity contribution is 6.33. The predicted octanol–water partition coefficient (Wildman–Crippen LogP) is 4.10. The lowest BCUT2D eigenvalue weighted by Gasteiger charge is -2.16. The number of ether oxygens (including phenoxy) is 1. The molecule has 2 aromatic rings. The Labute approximate surface area is 124 Å². The highest BCUT2D eigenvalue weighted by atomic mass is 35.5. The standard InChI is InChI=1S/C15H20ClN3O/c1-10-5-6-13(16)14(7-10)18-15-17-11(2)8-19(15)12(3)9-20-4/h5-8,12H,9H2,1-4H3,(H,17,18). The number of hydrogen-bond donors (Lipinski definition) is 1. The van der Waals surface area contributed by atoms with Crippen LogP contribution in [-0.2, 0) is 4.74 Å². The van der Waals surface area contributed by atoms with E-state index in [-0.39, 0.29) is 6.04 Å². The van der Waals surface area contributed by atoms with Gasteiger partial charge >= 0.3 is 0 Å². The third kappa shape index (κ3) is 3.32. The number of halogens is 1. The Bertz CT molecular complexity index is 595. The minimum Gasteiger partial charge on any atom is -0.383 e. The number of imidazole rings is 1. The molecule has 1 aromatic heterocycles. The number of methoxy groups -OCH3 is 1. The zero-order valence-electron chi connectivity index (χ0n) is 12.3. The van der Waals surface area contributed by atoms with E-state index >= 15 is 0 Å². The van der Waals surface area contributed by atoms with Gasteiger partial charge in [0.25, 0.3) is 0 Å². The smallest absolute Gasteiger partial charge is 0.207 e. The first-order chi connectivity index (χ1) is 9.51. The van der Waals surface area contributed by atoms with E-state index in [4.69, 9.17) is 16.3 Å². The van der Waals surface area contributed by atoms with Crippen LogP contribution in [0.25, 0.3) is 0 Å². The molecular formula is C15H20ClN3O. The van der Waals surface area contributed by atoms with Crippen molar-refractivity contribution < 1.29 is 4.74 Å². The maximum atomic E-state index is 6.22. The van der Waals surface area contributed by atoms with Crippen LogP contribution in [0.4, 0.5) is 11.6 Å². The maximum absolute atomic E-state index is 6.22. The van der Waals surface area contributed by atoms with Gasteiger partial charge in [-0.15, -0.1) is 0 Å². The molecule has 0 aliphatic rings. The Hall–Kier alpha value is -1.52. The molecule has 0 bridgehead atoms. The molecule has 0 radical (unpaired) electrons. The van der Waals surface area contributed by atoms with E-state index in [1.807, 2.05) is 38.2 Å². The van der Waals surface area contributed by atoms with Gasteiger partial charge in [0.15, 0.2) is 0 Å². The Morgan fingerprint density at radius 3 is 2.85 bits per heavy atom. The number of hydrogen-bond acceptors (Lipinski definition) is 3. The van der Waals surface area contributed by atoms with Gasteiger partial charge in [-0.2, -0.15) is 0 Å². The number of aromatic nitrogens is 2. The fourth-order valence-electron chi connectivity index (χ4n) is 2.12. The van der Waals surface area contributed by atoms with Crippen LogP contribution in [-0.4, -0.2) is 23.3 Å². The Morgan fingerprint density at radius 2 is 2.15 bits per heavy atom. The molecule has 0 spiro atoms. The first-order valence-corrected chi connectivity index (χ1v) is 6.96. The molecule has 0 amide bonds. The Morgan fingerprint density at radius 1 is 1.40 bits per heavy atom. The summed E-state index contributed by atoms with van der Waals surface area (Å²) in [5, 5.41) is 3.99. The normalized spacial score (nSPS) is 12.4. The van der Waals surface area contributed by atoms with Gasteiger partial charge in [0.2, 0.25) is 5.95 Å². The van der Waals surface area contributed by atoms with E-state index < -0.39 is 0 Å². The van der Waals surface area contributed by atoms with Crippen molar-refractivity contribution in [2.45, 2.75) is 26.8 Å². The van der Waals surface area contributed by atoms with Crippen LogP contribution in [0.3, 0.4) is 0 Å².